The zero-order valence-corrected chi connectivity index (χ0v) is 9.40. The molecule has 15 heavy (non-hydrogen) atoms. The van der Waals surface area contributed by atoms with E-state index < -0.39 is 0 Å². The summed E-state index contributed by atoms with van der Waals surface area (Å²) >= 11 is 0. The summed E-state index contributed by atoms with van der Waals surface area (Å²) in [5, 5.41) is 11.0. The highest BCUT2D eigenvalue weighted by molar-refractivity contribution is 5.75. The molecule has 1 heterocycles. The molecule has 6 heteroatoms. The average molecular weight is 211 g/mol. The van der Waals surface area contributed by atoms with Crippen LogP contribution in [-0.4, -0.2) is 46.4 Å². The molecular formula is C9H17N5O. The molecule has 6 nitrogen and oxygen atoms in total. The molecule has 0 aromatic carbocycles. The molecule has 0 aliphatic heterocycles. The lowest BCUT2D eigenvalue weighted by molar-refractivity contribution is -0.129. The molecule has 0 aliphatic carbocycles. The first-order chi connectivity index (χ1) is 7.13. The normalized spacial score (nSPS) is 10.3. The number of amides is 1. The fourth-order valence-corrected chi connectivity index (χ4v) is 1.03. The van der Waals surface area contributed by atoms with E-state index in [2.05, 4.69) is 15.6 Å². The summed E-state index contributed by atoms with van der Waals surface area (Å²) < 4.78 is 1.55. The Morgan fingerprint density at radius 3 is 2.93 bits per heavy atom. The summed E-state index contributed by atoms with van der Waals surface area (Å²) in [5.74, 6) is 0.00917. The van der Waals surface area contributed by atoms with Crippen LogP contribution in [0.4, 0.5) is 0 Å². The Kier molecular flexibility index (Phi) is 4.23. The van der Waals surface area contributed by atoms with Gasteiger partial charge in [-0.2, -0.15) is 0 Å². The number of carbonyl (C=O) groups excluding carboxylic acids is 1. The second-order valence-corrected chi connectivity index (χ2v) is 3.48. The fraction of sp³-hybridized carbons (Fsp3) is 0.667. The van der Waals surface area contributed by atoms with E-state index >= 15 is 0 Å². The zero-order chi connectivity index (χ0) is 11.3. The minimum Gasteiger partial charge on any atom is -0.347 e. The topological polar surface area (TPSA) is 63.1 Å². The number of rotatable bonds is 5. The maximum absolute atomic E-state index is 11.4. The van der Waals surface area contributed by atoms with Crippen LogP contribution in [0.15, 0.2) is 6.20 Å². The first-order valence-corrected chi connectivity index (χ1v) is 4.93. The van der Waals surface area contributed by atoms with Crippen LogP contribution in [0.1, 0.15) is 12.6 Å². The Bertz CT molecular complexity index is 320. The highest BCUT2D eigenvalue weighted by Crippen LogP contribution is 1.93. The van der Waals surface area contributed by atoms with Gasteiger partial charge in [0.05, 0.1) is 11.9 Å². The molecule has 1 aromatic heterocycles. The monoisotopic (exact) mass is 211 g/mol. The molecule has 1 amide bonds. The van der Waals surface area contributed by atoms with Crippen molar-refractivity contribution in [1.82, 2.24) is 25.2 Å². The quantitative estimate of drug-likeness (QED) is 0.711. The molecule has 0 radical (unpaired) electrons. The Hall–Kier alpha value is -1.43. The number of nitrogens with zero attached hydrogens (tertiary/aromatic N) is 4. The average Bonchev–Trinajstić information content (AvgIpc) is 2.62. The van der Waals surface area contributed by atoms with Crippen LogP contribution in [0.5, 0.6) is 0 Å². The van der Waals surface area contributed by atoms with Crippen LogP contribution in [-0.2, 0) is 17.9 Å². The Labute approximate surface area is 89.3 Å². The third-order valence-electron chi connectivity index (χ3n) is 1.94. The van der Waals surface area contributed by atoms with Crippen LogP contribution in [0.25, 0.3) is 0 Å². The van der Waals surface area contributed by atoms with Gasteiger partial charge in [0, 0.05) is 20.6 Å². The molecule has 0 saturated carbocycles. The maximum Gasteiger partial charge on any atom is 0.243 e. The van der Waals surface area contributed by atoms with Gasteiger partial charge in [-0.3, -0.25) is 4.79 Å². The smallest absolute Gasteiger partial charge is 0.243 e. The minimum atomic E-state index is 0.00917. The van der Waals surface area contributed by atoms with E-state index in [1.807, 2.05) is 6.92 Å². The van der Waals surface area contributed by atoms with Gasteiger partial charge in [-0.1, -0.05) is 12.1 Å². The third kappa shape index (κ3) is 3.67. The van der Waals surface area contributed by atoms with Crippen LogP contribution in [0.3, 0.4) is 0 Å². The Morgan fingerprint density at radius 1 is 1.60 bits per heavy atom. The van der Waals surface area contributed by atoms with Gasteiger partial charge >= 0.3 is 0 Å². The van der Waals surface area contributed by atoms with Crippen molar-refractivity contribution in [1.29, 1.82) is 0 Å². The Morgan fingerprint density at radius 2 is 2.33 bits per heavy atom. The molecule has 0 bridgehead atoms. The lowest BCUT2D eigenvalue weighted by Gasteiger charge is -2.08. The molecule has 0 aliphatic rings. The summed E-state index contributed by atoms with van der Waals surface area (Å²) in [6.45, 7) is 3.85. The van der Waals surface area contributed by atoms with Crippen molar-refractivity contribution in [3.63, 3.8) is 0 Å². The summed E-state index contributed by atoms with van der Waals surface area (Å²) in [6.07, 6.45) is 1.78. The molecule has 0 atom stereocenters. The number of hydrogen-bond acceptors (Lipinski definition) is 4. The molecular weight excluding hydrogens is 194 g/mol. The highest BCUT2D eigenvalue weighted by Gasteiger charge is 2.06. The lowest BCUT2D eigenvalue weighted by Crippen LogP contribution is -2.26. The fourth-order valence-electron chi connectivity index (χ4n) is 1.03. The van der Waals surface area contributed by atoms with Crippen LogP contribution >= 0.6 is 0 Å². The molecule has 0 spiro atoms. The van der Waals surface area contributed by atoms with Crippen molar-refractivity contribution in [3.8, 4) is 0 Å². The van der Waals surface area contributed by atoms with Gasteiger partial charge in [0.1, 0.15) is 6.54 Å². The van der Waals surface area contributed by atoms with E-state index in [-0.39, 0.29) is 12.5 Å². The molecule has 1 rings (SSSR count). The van der Waals surface area contributed by atoms with Crippen molar-refractivity contribution in [2.24, 2.45) is 0 Å². The van der Waals surface area contributed by atoms with Crippen molar-refractivity contribution in [2.45, 2.75) is 20.0 Å². The summed E-state index contributed by atoms with van der Waals surface area (Å²) in [4.78, 5) is 12.9. The van der Waals surface area contributed by atoms with Gasteiger partial charge in [-0.05, 0) is 6.54 Å². The number of nitrogens with one attached hydrogen (secondary N) is 1. The van der Waals surface area contributed by atoms with E-state index in [0.29, 0.717) is 6.54 Å². The maximum atomic E-state index is 11.4. The van der Waals surface area contributed by atoms with Gasteiger partial charge in [-0.15, -0.1) is 5.10 Å². The van der Waals surface area contributed by atoms with E-state index in [1.54, 1.807) is 25.0 Å². The predicted molar refractivity (Wildman–Crippen MR) is 56.1 cm³/mol. The largest absolute Gasteiger partial charge is 0.347 e. The first kappa shape index (κ1) is 11.6. The molecule has 1 N–H and O–H groups in total. The lowest BCUT2D eigenvalue weighted by atomic mass is 10.4. The van der Waals surface area contributed by atoms with E-state index in [1.165, 1.54) is 4.90 Å². The number of likely N-dealkylation sites (N-methyl/N-ethyl adjacent to an activating group) is 1. The first-order valence-electron chi connectivity index (χ1n) is 4.93. The molecule has 1 aromatic rings. The standard InChI is InChI=1S/C9H17N5O/c1-4-10-5-8-6-14(12-11-8)7-9(15)13(2)3/h6,10H,4-5,7H2,1-3H3. The van der Waals surface area contributed by atoms with Gasteiger partial charge < -0.3 is 10.2 Å². The summed E-state index contributed by atoms with van der Waals surface area (Å²) in [6, 6.07) is 0. The summed E-state index contributed by atoms with van der Waals surface area (Å²) in [7, 11) is 3.44. The van der Waals surface area contributed by atoms with Crippen molar-refractivity contribution in [2.75, 3.05) is 20.6 Å². The van der Waals surface area contributed by atoms with E-state index in [4.69, 9.17) is 0 Å². The SMILES string of the molecule is CCNCc1cn(CC(=O)N(C)C)nn1. The van der Waals surface area contributed by atoms with Gasteiger partial charge in [-0.25, -0.2) is 4.68 Å². The number of hydrogen-bond donors (Lipinski definition) is 1. The van der Waals surface area contributed by atoms with Gasteiger partial charge in [0.25, 0.3) is 0 Å². The van der Waals surface area contributed by atoms with E-state index in [0.717, 1.165) is 12.2 Å². The minimum absolute atomic E-state index is 0.00917. The molecule has 84 valence electrons. The van der Waals surface area contributed by atoms with Crippen molar-refractivity contribution >= 4 is 5.91 Å². The van der Waals surface area contributed by atoms with Gasteiger partial charge in [0.15, 0.2) is 0 Å². The molecule has 0 saturated heterocycles. The van der Waals surface area contributed by atoms with Crippen LogP contribution in [0, 0.1) is 0 Å². The third-order valence-corrected chi connectivity index (χ3v) is 1.94. The zero-order valence-electron chi connectivity index (χ0n) is 9.40. The number of carbonyl (C=O) groups is 1. The predicted octanol–water partition coefficient (Wildman–Crippen LogP) is -0.524. The van der Waals surface area contributed by atoms with Gasteiger partial charge in [0.2, 0.25) is 5.91 Å². The number of aromatic nitrogens is 3. The van der Waals surface area contributed by atoms with Crippen LogP contribution < -0.4 is 5.32 Å². The summed E-state index contributed by atoms with van der Waals surface area (Å²) in [5.41, 5.74) is 0.850. The second kappa shape index (κ2) is 5.45. The van der Waals surface area contributed by atoms with E-state index in [9.17, 15) is 4.79 Å². The van der Waals surface area contributed by atoms with Crippen molar-refractivity contribution in [3.05, 3.63) is 11.9 Å². The highest BCUT2D eigenvalue weighted by atomic mass is 16.2. The molecule has 0 fully saturated rings. The second-order valence-electron chi connectivity index (χ2n) is 3.48. The van der Waals surface area contributed by atoms with Crippen LogP contribution in [0.2, 0.25) is 0 Å². The Balaban J connectivity index is 2.49. The molecule has 0 unspecified atom stereocenters. The van der Waals surface area contributed by atoms with Crippen molar-refractivity contribution < 1.29 is 4.79 Å².